The van der Waals surface area contributed by atoms with Gasteiger partial charge in [-0.15, -0.1) is 10.2 Å². The molecule has 0 aliphatic heterocycles. The van der Waals surface area contributed by atoms with Gasteiger partial charge in [-0.05, 0) is 24.3 Å². The van der Waals surface area contributed by atoms with E-state index in [0.717, 1.165) is 22.2 Å². The third-order valence-corrected chi connectivity index (χ3v) is 6.15. The minimum atomic E-state index is -0.139. The number of hydrogen-bond donors (Lipinski definition) is 3. The Bertz CT molecular complexity index is 1420. The van der Waals surface area contributed by atoms with Crippen LogP contribution in [-0.4, -0.2) is 35.9 Å². The van der Waals surface area contributed by atoms with Gasteiger partial charge in [0, 0.05) is 36.1 Å². The van der Waals surface area contributed by atoms with Crippen LogP contribution in [0, 0.1) is 0 Å². The molecule has 3 heterocycles. The molecule has 3 N–H and O–H groups in total. The molecule has 160 valence electrons. The molecule has 0 saturated carbocycles. The van der Waals surface area contributed by atoms with Crippen LogP contribution in [0.2, 0.25) is 5.02 Å². The second-order valence-corrected chi connectivity index (χ2v) is 8.41. The number of carbonyl (C=O) groups is 1. The Kier molecular flexibility index (Phi) is 5.29. The van der Waals surface area contributed by atoms with Crippen LogP contribution < -0.4 is 10.6 Å². The number of anilines is 3. The number of rotatable bonds is 6. The molecule has 0 saturated heterocycles. The molecule has 0 aliphatic carbocycles. The summed E-state index contributed by atoms with van der Waals surface area (Å²) in [7, 11) is 1.86. The molecule has 0 spiro atoms. The Labute approximate surface area is 191 Å². The molecule has 0 bridgehead atoms. The van der Waals surface area contributed by atoms with E-state index in [2.05, 4.69) is 36.0 Å². The zero-order chi connectivity index (χ0) is 22.1. The number of amides is 1. The molecule has 11 heteroatoms. The number of aromatic nitrogens is 6. The van der Waals surface area contributed by atoms with Crippen molar-refractivity contribution in [1.82, 2.24) is 29.9 Å². The van der Waals surface area contributed by atoms with E-state index >= 15 is 0 Å². The highest BCUT2D eigenvalue weighted by atomic mass is 35.5. The molecule has 2 aromatic carbocycles. The van der Waals surface area contributed by atoms with Crippen LogP contribution in [-0.2, 0) is 18.3 Å². The van der Waals surface area contributed by atoms with Gasteiger partial charge in [0.05, 0.1) is 28.8 Å². The number of imidazole rings is 1. The van der Waals surface area contributed by atoms with E-state index in [1.807, 2.05) is 54.2 Å². The second kappa shape index (κ2) is 8.40. The lowest BCUT2D eigenvalue weighted by Crippen LogP contribution is -2.16. The summed E-state index contributed by atoms with van der Waals surface area (Å²) >= 11 is 7.86. The molecule has 5 rings (SSSR count). The SMILES string of the molecule is Cn1ccnc1CC(=O)Nc1cccc(-c2nnc(Nc3ccc4[nH]ncc4c3Cl)s2)c1. The maximum Gasteiger partial charge on any atom is 0.231 e. The van der Waals surface area contributed by atoms with Crippen molar-refractivity contribution < 1.29 is 4.79 Å². The van der Waals surface area contributed by atoms with Gasteiger partial charge in [0.2, 0.25) is 11.0 Å². The fourth-order valence-corrected chi connectivity index (χ4v) is 4.24. The maximum absolute atomic E-state index is 12.4. The lowest BCUT2D eigenvalue weighted by molar-refractivity contribution is -0.115. The Hall–Kier alpha value is -3.76. The fourth-order valence-electron chi connectivity index (χ4n) is 3.23. The highest BCUT2D eigenvalue weighted by Crippen LogP contribution is 2.34. The molecule has 3 aromatic heterocycles. The summed E-state index contributed by atoms with van der Waals surface area (Å²) in [5.74, 6) is 0.561. The molecule has 32 heavy (non-hydrogen) atoms. The first-order valence-corrected chi connectivity index (χ1v) is 10.8. The zero-order valence-electron chi connectivity index (χ0n) is 16.8. The summed E-state index contributed by atoms with van der Waals surface area (Å²) < 4.78 is 1.82. The van der Waals surface area contributed by atoms with E-state index in [1.54, 1.807) is 12.4 Å². The Morgan fingerprint density at radius 3 is 3.00 bits per heavy atom. The van der Waals surface area contributed by atoms with Crippen molar-refractivity contribution in [2.45, 2.75) is 6.42 Å². The number of aromatic amines is 1. The highest BCUT2D eigenvalue weighted by molar-refractivity contribution is 7.18. The monoisotopic (exact) mass is 464 g/mol. The minimum absolute atomic E-state index is 0.139. The van der Waals surface area contributed by atoms with E-state index in [1.165, 1.54) is 11.3 Å². The van der Waals surface area contributed by atoms with Crippen LogP contribution in [0.5, 0.6) is 0 Å². The molecule has 0 fully saturated rings. The largest absolute Gasteiger partial charge is 0.338 e. The van der Waals surface area contributed by atoms with Crippen LogP contribution >= 0.6 is 22.9 Å². The number of aryl methyl sites for hydroxylation is 1. The number of nitrogens with one attached hydrogen (secondary N) is 3. The normalized spacial score (nSPS) is 11.1. The molecule has 1 amide bonds. The van der Waals surface area contributed by atoms with Crippen LogP contribution in [0.4, 0.5) is 16.5 Å². The van der Waals surface area contributed by atoms with Crippen molar-refractivity contribution >= 4 is 56.3 Å². The highest BCUT2D eigenvalue weighted by Gasteiger charge is 2.13. The lowest BCUT2D eigenvalue weighted by Gasteiger charge is -2.06. The van der Waals surface area contributed by atoms with Crippen molar-refractivity contribution in [1.29, 1.82) is 0 Å². The number of hydrogen-bond acceptors (Lipinski definition) is 7. The first-order chi connectivity index (χ1) is 15.6. The summed E-state index contributed by atoms with van der Waals surface area (Å²) in [6.07, 6.45) is 5.36. The fraction of sp³-hybridized carbons (Fsp3) is 0.0952. The van der Waals surface area contributed by atoms with Gasteiger partial charge in [0.15, 0.2) is 0 Å². The Morgan fingerprint density at radius 2 is 2.16 bits per heavy atom. The molecule has 9 nitrogen and oxygen atoms in total. The van der Waals surface area contributed by atoms with Crippen molar-refractivity contribution in [2.75, 3.05) is 10.6 Å². The summed E-state index contributed by atoms with van der Waals surface area (Å²) in [4.78, 5) is 16.6. The van der Waals surface area contributed by atoms with Gasteiger partial charge in [0.1, 0.15) is 10.8 Å². The maximum atomic E-state index is 12.4. The summed E-state index contributed by atoms with van der Waals surface area (Å²) in [5.41, 5.74) is 3.11. The van der Waals surface area contributed by atoms with E-state index in [-0.39, 0.29) is 12.3 Å². The number of H-pyrrole nitrogens is 1. The molecule has 0 aliphatic rings. The predicted molar refractivity (Wildman–Crippen MR) is 125 cm³/mol. The van der Waals surface area contributed by atoms with Gasteiger partial charge >= 0.3 is 0 Å². The van der Waals surface area contributed by atoms with Crippen LogP contribution in [0.15, 0.2) is 55.0 Å². The summed E-state index contributed by atoms with van der Waals surface area (Å²) in [6.45, 7) is 0. The summed E-state index contributed by atoms with van der Waals surface area (Å²) in [5, 5.41) is 24.2. The van der Waals surface area contributed by atoms with E-state index in [4.69, 9.17) is 11.6 Å². The number of fused-ring (bicyclic) bond motifs is 1. The third-order valence-electron chi connectivity index (χ3n) is 4.86. The minimum Gasteiger partial charge on any atom is -0.338 e. The lowest BCUT2D eigenvalue weighted by atomic mass is 10.2. The van der Waals surface area contributed by atoms with Gasteiger partial charge in [-0.1, -0.05) is 35.1 Å². The first kappa shape index (κ1) is 20.2. The van der Waals surface area contributed by atoms with Gasteiger partial charge in [-0.25, -0.2) is 4.98 Å². The van der Waals surface area contributed by atoms with Crippen molar-refractivity contribution in [3.8, 4) is 10.6 Å². The summed E-state index contributed by atoms with van der Waals surface area (Å²) in [6, 6.07) is 11.2. The number of halogens is 1. The molecular formula is C21H17ClN8OS. The Balaban J connectivity index is 1.31. The van der Waals surface area contributed by atoms with E-state index in [9.17, 15) is 4.79 Å². The molecule has 0 unspecified atom stereocenters. The van der Waals surface area contributed by atoms with Gasteiger partial charge in [-0.2, -0.15) is 5.10 Å². The quantitative estimate of drug-likeness (QED) is 0.343. The topological polar surface area (TPSA) is 113 Å². The number of carbonyl (C=O) groups excluding carboxylic acids is 1. The number of nitrogens with zero attached hydrogens (tertiary/aromatic N) is 5. The average Bonchev–Trinajstić information content (AvgIpc) is 3.52. The zero-order valence-corrected chi connectivity index (χ0v) is 18.4. The third kappa shape index (κ3) is 4.05. The van der Waals surface area contributed by atoms with Crippen LogP contribution in [0.3, 0.4) is 0 Å². The smallest absolute Gasteiger partial charge is 0.231 e. The van der Waals surface area contributed by atoms with E-state index < -0.39 is 0 Å². The van der Waals surface area contributed by atoms with Gasteiger partial charge < -0.3 is 15.2 Å². The van der Waals surface area contributed by atoms with Crippen molar-refractivity contribution in [3.63, 3.8) is 0 Å². The molecule has 0 atom stereocenters. The van der Waals surface area contributed by atoms with Crippen molar-refractivity contribution in [2.24, 2.45) is 7.05 Å². The molecular weight excluding hydrogens is 448 g/mol. The van der Waals surface area contributed by atoms with Crippen LogP contribution in [0.25, 0.3) is 21.5 Å². The van der Waals surface area contributed by atoms with Crippen LogP contribution in [0.1, 0.15) is 5.82 Å². The second-order valence-electron chi connectivity index (χ2n) is 7.06. The predicted octanol–water partition coefficient (Wildman–Crippen LogP) is 4.39. The van der Waals surface area contributed by atoms with E-state index in [0.29, 0.717) is 26.7 Å². The first-order valence-electron chi connectivity index (χ1n) is 9.65. The van der Waals surface area contributed by atoms with Gasteiger partial charge in [0.25, 0.3) is 0 Å². The van der Waals surface area contributed by atoms with Crippen molar-refractivity contribution in [3.05, 3.63) is 65.8 Å². The number of benzene rings is 2. The van der Waals surface area contributed by atoms with Gasteiger partial charge in [-0.3, -0.25) is 9.89 Å². The average molecular weight is 465 g/mol. The standard InChI is InChI=1S/C21H17ClN8OS/c1-30-8-7-23-17(30)10-18(31)25-13-4-2-3-12(9-13)20-28-29-21(32-20)26-16-6-5-15-14(19(16)22)11-24-27-15/h2-9,11H,10H2,1H3,(H,24,27)(H,25,31)(H,26,29). The Morgan fingerprint density at radius 1 is 1.25 bits per heavy atom. The molecule has 5 aromatic rings. The molecule has 0 radical (unpaired) electrons.